The lowest BCUT2D eigenvalue weighted by atomic mass is 10.1. The minimum Gasteiger partial charge on any atom is -0.328 e. The predicted molar refractivity (Wildman–Crippen MR) is 76.4 cm³/mol. The first-order chi connectivity index (χ1) is 9.04. The van der Waals surface area contributed by atoms with Crippen molar-refractivity contribution in [3.8, 4) is 0 Å². The standard InChI is InChI=1S/C13H17BrFN3O/c14-11-2-1-9(15)7-12(11)17-13(19)8-18-5-3-10(16)4-6-18/h1-2,7,10H,3-6,8,16H2,(H,17,19). The van der Waals surface area contributed by atoms with E-state index in [2.05, 4.69) is 26.1 Å². The number of amides is 1. The molecule has 1 aromatic rings. The molecule has 1 saturated heterocycles. The lowest BCUT2D eigenvalue weighted by Crippen LogP contribution is -2.43. The number of piperidine rings is 1. The van der Waals surface area contributed by atoms with Crippen molar-refractivity contribution in [2.75, 3.05) is 25.0 Å². The van der Waals surface area contributed by atoms with Gasteiger partial charge in [0.05, 0.1) is 12.2 Å². The third-order valence-electron chi connectivity index (χ3n) is 3.20. The van der Waals surface area contributed by atoms with Crippen LogP contribution in [0.5, 0.6) is 0 Å². The van der Waals surface area contributed by atoms with Crippen molar-refractivity contribution >= 4 is 27.5 Å². The Balaban J connectivity index is 1.89. The van der Waals surface area contributed by atoms with Crippen LogP contribution in [0.25, 0.3) is 0 Å². The van der Waals surface area contributed by atoms with Gasteiger partial charge in [0.25, 0.3) is 0 Å². The quantitative estimate of drug-likeness (QED) is 0.891. The van der Waals surface area contributed by atoms with Crippen LogP contribution < -0.4 is 11.1 Å². The molecule has 3 N–H and O–H groups in total. The molecule has 0 atom stereocenters. The van der Waals surface area contributed by atoms with Gasteiger partial charge >= 0.3 is 0 Å². The number of anilines is 1. The van der Waals surface area contributed by atoms with Crippen molar-refractivity contribution in [2.24, 2.45) is 5.73 Å². The average Bonchev–Trinajstić information content (AvgIpc) is 2.37. The maximum atomic E-state index is 13.1. The fraction of sp³-hybridized carbons (Fsp3) is 0.462. The first-order valence-corrected chi connectivity index (χ1v) is 7.07. The van der Waals surface area contributed by atoms with Gasteiger partial charge in [0, 0.05) is 23.6 Å². The van der Waals surface area contributed by atoms with Crippen LogP contribution in [0, 0.1) is 5.82 Å². The van der Waals surface area contributed by atoms with Gasteiger partial charge in [-0.15, -0.1) is 0 Å². The van der Waals surface area contributed by atoms with Crippen molar-refractivity contribution < 1.29 is 9.18 Å². The van der Waals surface area contributed by atoms with Crippen LogP contribution in [0.3, 0.4) is 0 Å². The summed E-state index contributed by atoms with van der Waals surface area (Å²) < 4.78 is 13.8. The monoisotopic (exact) mass is 329 g/mol. The second-order valence-corrected chi connectivity index (χ2v) is 5.64. The summed E-state index contributed by atoms with van der Waals surface area (Å²) in [4.78, 5) is 14.0. The molecule has 1 aromatic carbocycles. The van der Waals surface area contributed by atoms with Crippen molar-refractivity contribution in [3.63, 3.8) is 0 Å². The summed E-state index contributed by atoms with van der Waals surface area (Å²) in [5, 5.41) is 2.71. The first-order valence-electron chi connectivity index (χ1n) is 6.27. The Hall–Kier alpha value is -0.980. The molecular formula is C13H17BrFN3O. The number of hydrogen-bond donors (Lipinski definition) is 2. The molecule has 6 heteroatoms. The number of hydrogen-bond acceptors (Lipinski definition) is 3. The Labute approximate surface area is 120 Å². The maximum Gasteiger partial charge on any atom is 0.238 e. The molecule has 104 valence electrons. The molecule has 1 heterocycles. The van der Waals surface area contributed by atoms with Crippen molar-refractivity contribution in [2.45, 2.75) is 18.9 Å². The van der Waals surface area contributed by atoms with Crippen molar-refractivity contribution in [1.82, 2.24) is 4.90 Å². The topological polar surface area (TPSA) is 58.4 Å². The predicted octanol–water partition coefficient (Wildman–Crippen LogP) is 1.95. The van der Waals surface area contributed by atoms with Gasteiger partial charge in [-0.2, -0.15) is 0 Å². The molecule has 19 heavy (non-hydrogen) atoms. The summed E-state index contributed by atoms with van der Waals surface area (Å²) in [6, 6.07) is 4.46. The Morgan fingerprint density at radius 1 is 1.47 bits per heavy atom. The van der Waals surface area contributed by atoms with Gasteiger partial charge in [0.1, 0.15) is 5.82 Å². The zero-order valence-corrected chi connectivity index (χ0v) is 12.1. The van der Waals surface area contributed by atoms with E-state index in [4.69, 9.17) is 5.73 Å². The van der Waals surface area contributed by atoms with Gasteiger partial charge in [0.2, 0.25) is 5.91 Å². The number of carbonyl (C=O) groups is 1. The molecule has 2 rings (SSSR count). The molecule has 0 saturated carbocycles. The van der Waals surface area contributed by atoms with Crippen LogP contribution in [-0.4, -0.2) is 36.5 Å². The summed E-state index contributed by atoms with van der Waals surface area (Å²) in [5.74, 6) is -0.510. The number of nitrogens with one attached hydrogen (secondary N) is 1. The number of carbonyl (C=O) groups excluding carboxylic acids is 1. The fourth-order valence-corrected chi connectivity index (χ4v) is 2.44. The molecule has 0 aliphatic carbocycles. The number of rotatable bonds is 3. The summed E-state index contributed by atoms with van der Waals surface area (Å²) in [6.45, 7) is 1.98. The molecule has 0 unspecified atom stereocenters. The zero-order valence-electron chi connectivity index (χ0n) is 10.5. The Kier molecular flexibility index (Phi) is 4.90. The summed E-state index contributed by atoms with van der Waals surface area (Å²) in [5.41, 5.74) is 6.27. The van der Waals surface area contributed by atoms with Crippen LogP contribution in [-0.2, 0) is 4.79 Å². The maximum absolute atomic E-state index is 13.1. The highest BCUT2D eigenvalue weighted by molar-refractivity contribution is 9.10. The van der Waals surface area contributed by atoms with E-state index in [0.29, 0.717) is 16.7 Å². The molecule has 1 aliphatic heterocycles. The number of halogens is 2. The van der Waals surface area contributed by atoms with Crippen LogP contribution in [0.4, 0.5) is 10.1 Å². The van der Waals surface area contributed by atoms with Crippen LogP contribution >= 0.6 is 15.9 Å². The zero-order chi connectivity index (χ0) is 13.8. The lowest BCUT2D eigenvalue weighted by Gasteiger charge is -2.29. The second kappa shape index (κ2) is 6.45. The van der Waals surface area contributed by atoms with Crippen LogP contribution in [0.2, 0.25) is 0 Å². The Morgan fingerprint density at radius 2 is 2.16 bits per heavy atom. The number of likely N-dealkylation sites (tertiary alicyclic amines) is 1. The molecule has 0 spiro atoms. The van der Waals surface area contributed by atoms with E-state index >= 15 is 0 Å². The van der Waals surface area contributed by atoms with Crippen molar-refractivity contribution in [3.05, 3.63) is 28.5 Å². The molecule has 0 radical (unpaired) electrons. The number of nitrogens with zero attached hydrogens (tertiary/aromatic N) is 1. The molecule has 1 fully saturated rings. The van der Waals surface area contributed by atoms with E-state index in [1.165, 1.54) is 12.1 Å². The highest BCUT2D eigenvalue weighted by atomic mass is 79.9. The van der Waals surface area contributed by atoms with E-state index in [0.717, 1.165) is 25.9 Å². The van der Waals surface area contributed by atoms with E-state index in [1.54, 1.807) is 6.07 Å². The minimum absolute atomic E-state index is 0.137. The first kappa shape index (κ1) is 14.4. The molecule has 0 bridgehead atoms. The Morgan fingerprint density at radius 3 is 2.84 bits per heavy atom. The highest BCUT2D eigenvalue weighted by Crippen LogP contribution is 2.23. The largest absolute Gasteiger partial charge is 0.328 e. The normalized spacial score (nSPS) is 17.4. The highest BCUT2D eigenvalue weighted by Gasteiger charge is 2.18. The summed E-state index contributed by atoms with van der Waals surface area (Å²) in [6.07, 6.45) is 1.83. The summed E-state index contributed by atoms with van der Waals surface area (Å²) >= 11 is 3.28. The molecule has 4 nitrogen and oxygen atoms in total. The van der Waals surface area contributed by atoms with Gasteiger partial charge in [-0.05, 0) is 47.0 Å². The summed E-state index contributed by atoms with van der Waals surface area (Å²) in [7, 11) is 0. The lowest BCUT2D eigenvalue weighted by molar-refractivity contribution is -0.117. The van der Waals surface area contributed by atoms with Gasteiger partial charge in [0.15, 0.2) is 0 Å². The van der Waals surface area contributed by atoms with Gasteiger partial charge in [-0.25, -0.2) is 4.39 Å². The van der Waals surface area contributed by atoms with Crippen molar-refractivity contribution in [1.29, 1.82) is 0 Å². The molecule has 1 amide bonds. The third-order valence-corrected chi connectivity index (χ3v) is 3.89. The van der Waals surface area contributed by atoms with E-state index in [1.807, 2.05) is 0 Å². The van der Waals surface area contributed by atoms with E-state index in [9.17, 15) is 9.18 Å². The van der Waals surface area contributed by atoms with E-state index in [-0.39, 0.29) is 17.8 Å². The van der Waals surface area contributed by atoms with Gasteiger partial charge < -0.3 is 11.1 Å². The second-order valence-electron chi connectivity index (χ2n) is 4.79. The number of nitrogens with two attached hydrogens (primary N) is 1. The van der Waals surface area contributed by atoms with Gasteiger partial charge in [-0.1, -0.05) is 0 Å². The average molecular weight is 330 g/mol. The number of benzene rings is 1. The minimum atomic E-state index is -0.373. The third kappa shape index (κ3) is 4.26. The smallest absolute Gasteiger partial charge is 0.238 e. The fourth-order valence-electron chi connectivity index (χ4n) is 2.10. The SMILES string of the molecule is NC1CCN(CC(=O)Nc2cc(F)ccc2Br)CC1. The molecule has 1 aliphatic rings. The van der Waals surface area contributed by atoms with Crippen LogP contribution in [0.1, 0.15) is 12.8 Å². The molecule has 0 aromatic heterocycles. The van der Waals surface area contributed by atoms with Crippen LogP contribution in [0.15, 0.2) is 22.7 Å². The van der Waals surface area contributed by atoms with Gasteiger partial charge in [-0.3, -0.25) is 9.69 Å². The Bertz CT molecular complexity index is 461. The van der Waals surface area contributed by atoms with E-state index < -0.39 is 0 Å². The molecular weight excluding hydrogens is 313 g/mol.